The van der Waals surface area contributed by atoms with Crippen LogP contribution in [0.5, 0.6) is 5.75 Å². The minimum absolute atomic E-state index is 0.0539. The van der Waals surface area contributed by atoms with E-state index in [2.05, 4.69) is 5.32 Å². The molecule has 0 heterocycles. The molecule has 4 heteroatoms. The molecule has 0 radical (unpaired) electrons. The first kappa shape index (κ1) is 15.5. The first-order valence-electron chi connectivity index (χ1n) is 6.71. The fourth-order valence-corrected chi connectivity index (χ4v) is 1.53. The zero-order valence-corrected chi connectivity index (χ0v) is 11.8. The first-order valence-corrected chi connectivity index (χ1v) is 6.71. The van der Waals surface area contributed by atoms with Gasteiger partial charge in [-0.3, -0.25) is 4.79 Å². The summed E-state index contributed by atoms with van der Waals surface area (Å²) in [7, 11) is 0. The number of nitrogens with one attached hydrogen (secondary N) is 1. The van der Waals surface area contributed by atoms with Crippen LogP contribution in [-0.4, -0.2) is 24.6 Å². The summed E-state index contributed by atoms with van der Waals surface area (Å²) in [4.78, 5) is 11.5. The summed E-state index contributed by atoms with van der Waals surface area (Å²) in [5.41, 5.74) is 5.54. The molecular formula is C15H24N2O2. The lowest BCUT2D eigenvalue weighted by Crippen LogP contribution is -2.34. The number of carbonyl (C=O) groups is 1. The van der Waals surface area contributed by atoms with Gasteiger partial charge in [-0.15, -0.1) is 0 Å². The minimum atomic E-state index is -0.284. The molecule has 1 amide bonds. The molecule has 1 aromatic carbocycles. The number of carbonyl (C=O) groups excluding carboxylic acids is 1. The quantitative estimate of drug-likeness (QED) is 0.707. The van der Waals surface area contributed by atoms with Crippen molar-refractivity contribution in [2.75, 3.05) is 13.2 Å². The van der Waals surface area contributed by atoms with Crippen molar-refractivity contribution >= 4 is 5.91 Å². The van der Waals surface area contributed by atoms with Crippen LogP contribution < -0.4 is 15.8 Å². The van der Waals surface area contributed by atoms with E-state index in [9.17, 15) is 4.79 Å². The zero-order valence-electron chi connectivity index (χ0n) is 11.8. The van der Waals surface area contributed by atoms with Gasteiger partial charge in [-0.05, 0) is 38.8 Å². The molecule has 0 aromatic heterocycles. The number of rotatable bonds is 8. The Morgan fingerprint density at radius 2 is 2.00 bits per heavy atom. The molecule has 3 N–H and O–H groups in total. The van der Waals surface area contributed by atoms with Crippen LogP contribution in [0.2, 0.25) is 0 Å². The van der Waals surface area contributed by atoms with Gasteiger partial charge in [0.25, 0.3) is 0 Å². The number of amides is 1. The van der Waals surface area contributed by atoms with Crippen LogP contribution in [0.4, 0.5) is 0 Å². The van der Waals surface area contributed by atoms with Crippen LogP contribution in [0.3, 0.4) is 0 Å². The fraction of sp³-hybridized carbons (Fsp3) is 0.533. The Morgan fingerprint density at radius 1 is 1.32 bits per heavy atom. The van der Waals surface area contributed by atoms with Gasteiger partial charge >= 0.3 is 0 Å². The Hall–Kier alpha value is -1.55. The summed E-state index contributed by atoms with van der Waals surface area (Å²) in [6, 6.07) is 9.66. The van der Waals surface area contributed by atoms with E-state index in [0.29, 0.717) is 26.0 Å². The van der Waals surface area contributed by atoms with Crippen molar-refractivity contribution in [2.45, 2.75) is 38.6 Å². The van der Waals surface area contributed by atoms with Crippen molar-refractivity contribution in [2.24, 2.45) is 5.73 Å². The molecule has 4 nitrogen and oxygen atoms in total. The zero-order chi connectivity index (χ0) is 14.1. The molecule has 0 spiro atoms. The lowest BCUT2D eigenvalue weighted by Gasteiger charge is -2.17. The molecule has 0 fully saturated rings. The lowest BCUT2D eigenvalue weighted by atomic mass is 10.00. The number of benzene rings is 1. The van der Waals surface area contributed by atoms with Crippen LogP contribution in [0.15, 0.2) is 30.3 Å². The van der Waals surface area contributed by atoms with Crippen molar-refractivity contribution in [3.05, 3.63) is 30.3 Å². The molecule has 106 valence electrons. The average molecular weight is 264 g/mol. The van der Waals surface area contributed by atoms with E-state index >= 15 is 0 Å². The maximum Gasteiger partial charge on any atom is 0.220 e. The maximum absolute atomic E-state index is 11.5. The topological polar surface area (TPSA) is 64.4 Å². The normalized spacial score (nSPS) is 11.1. The predicted octanol–water partition coefficient (Wildman–Crippen LogP) is 2.09. The number of nitrogens with two attached hydrogens (primary N) is 1. The highest BCUT2D eigenvalue weighted by Gasteiger charge is 2.12. The highest BCUT2D eigenvalue weighted by molar-refractivity contribution is 5.75. The summed E-state index contributed by atoms with van der Waals surface area (Å²) >= 11 is 0. The van der Waals surface area contributed by atoms with E-state index in [1.54, 1.807) is 0 Å². The van der Waals surface area contributed by atoms with E-state index in [0.717, 1.165) is 12.2 Å². The van der Waals surface area contributed by atoms with Crippen LogP contribution in [0.25, 0.3) is 0 Å². The van der Waals surface area contributed by atoms with Gasteiger partial charge in [-0.2, -0.15) is 0 Å². The van der Waals surface area contributed by atoms with Crippen molar-refractivity contribution in [1.29, 1.82) is 0 Å². The van der Waals surface area contributed by atoms with Crippen molar-refractivity contribution in [3.63, 3.8) is 0 Å². The number of ether oxygens (including phenoxy) is 1. The third-order valence-electron chi connectivity index (χ3n) is 2.65. The van der Waals surface area contributed by atoms with Crippen LogP contribution in [0.1, 0.15) is 33.1 Å². The highest BCUT2D eigenvalue weighted by atomic mass is 16.5. The Labute approximate surface area is 115 Å². The third-order valence-corrected chi connectivity index (χ3v) is 2.65. The fourth-order valence-electron chi connectivity index (χ4n) is 1.53. The summed E-state index contributed by atoms with van der Waals surface area (Å²) in [5, 5.41) is 2.87. The van der Waals surface area contributed by atoms with Gasteiger partial charge in [0.2, 0.25) is 5.91 Å². The van der Waals surface area contributed by atoms with Gasteiger partial charge in [-0.25, -0.2) is 0 Å². The molecule has 0 unspecified atom stereocenters. The second-order valence-corrected chi connectivity index (χ2v) is 5.35. The molecule has 0 atom stereocenters. The highest BCUT2D eigenvalue weighted by Crippen LogP contribution is 2.08. The van der Waals surface area contributed by atoms with Gasteiger partial charge in [-0.1, -0.05) is 18.2 Å². The first-order chi connectivity index (χ1) is 8.97. The summed E-state index contributed by atoms with van der Waals surface area (Å²) in [6.07, 6.45) is 1.97. The van der Waals surface area contributed by atoms with Gasteiger partial charge in [0, 0.05) is 18.5 Å². The summed E-state index contributed by atoms with van der Waals surface area (Å²) in [5.74, 6) is 0.914. The second kappa shape index (κ2) is 7.79. The lowest BCUT2D eigenvalue weighted by molar-refractivity contribution is -0.121. The third kappa shape index (κ3) is 8.21. The van der Waals surface area contributed by atoms with Gasteiger partial charge < -0.3 is 15.8 Å². The number of hydrogen-bond donors (Lipinski definition) is 2. The SMILES string of the molecule is CC(C)(N)CCC(=O)NCCCOc1ccccc1. The van der Waals surface area contributed by atoms with Gasteiger partial charge in [0.1, 0.15) is 5.75 Å². The molecular weight excluding hydrogens is 240 g/mol. The smallest absolute Gasteiger partial charge is 0.220 e. The maximum atomic E-state index is 11.5. The predicted molar refractivity (Wildman–Crippen MR) is 77.1 cm³/mol. The Balaban J connectivity index is 2.03. The summed E-state index contributed by atoms with van der Waals surface area (Å²) < 4.78 is 5.53. The molecule has 0 aliphatic rings. The molecule has 1 rings (SSSR count). The van der Waals surface area contributed by atoms with Crippen LogP contribution in [-0.2, 0) is 4.79 Å². The molecule has 19 heavy (non-hydrogen) atoms. The minimum Gasteiger partial charge on any atom is -0.494 e. The van der Waals surface area contributed by atoms with Crippen LogP contribution >= 0.6 is 0 Å². The Morgan fingerprint density at radius 3 is 2.63 bits per heavy atom. The van der Waals surface area contributed by atoms with Crippen LogP contribution in [0, 0.1) is 0 Å². The van der Waals surface area contributed by atoms with E-state index in [1.165, 1.54) is 0 Å². The largest absolute Gasteiger partial charge is 0.494 e. The van der Waals surface area contributed by atoms with Gasteiger partial charge in [0.05, 0.1) is 6.61 Å². The molecule has 0 bridgehead atoms. The van der Waals surface area contributed by atoms with E-state index in [4.69, 9.17) is 10.5 Å². The Bertz CT molecular complexity index is 371. The molecule has 1 aromatic rings. The average Bonchev–Trinajstić information content (AvgIpc) is 2.36. The summed E-state index contributed by atoms with van der Waals surface area (Å²) in [6.45, 7) is 5.09. The van der Waals surface area contributed by atoms with Crippen molar-refractivity contribution in [3.8, 4) is 5.75 Å². The van der Waals surface area contributed by atoms with E-state index in [-0.39, 0.29) is 11.4 Å². The monoisotopic (exact) mass is 264 g/mol. The second-order valence-electron chi connectivity index (χ2n) is 5.35. The number of para-hydroxylation sites is 1. The Kier molecular flexibility index (Phi) is 6.36. The van der Waals surface area contributed by atoms with Crippen molar-refractivity contribution < 1.29 is 9.53 Å². The molecule has 0 saturated heterocycles. The number of hydrogen-bond acceptors (Lipinski definition) is 3. The van der Waals surface area contributed by atoms with E-state index in [1.807, 2.05) is 44.2 Å². The molecule has 0 aliphatic heterocycles. The molecule has 0 saturated carbocycles. The van der Waals surface area contributed by atoms with Crippen molar-refractivity contribution in [1.82, 2.24) is 5.32 Å². The standard InChI is InChI=1S/C15H24N2O2/c1-15(2,16)10-9-14(18)17-11-6-12-19-13-7-4-3-5-8-13/h3-5,7-8H,6,9-12,16H2,1-2H3,(H,17,18). The van der Waals surface area contributed by atoms with E-state index < -0.39 is 0 Å². The molecule has 0 aliphatic carbocycles. The van der Waals surface area contributed by atoms with Gasteiger partial charge in [0.15, 0.2) is 0 Å².